The summed E-state index contributed by atoms with van der Waals surface area (Å²) in [6, 6.07) is 17.8. The lowest BCUT2D eigenvalue weighted by atomic mass is 10.00. The molecule has 10 nitrogen and oxygen atoms in total. The number of para-hydroxylation sites is 1. The average molecular weight is 588 g/mol. The second-order valence-electron chi connectivity index (χ2n) is 11.4. The fraction of sp³-hybridized carbons (Fsp3) is 0.394. The summed E-state index contributed by atoms with van der Waals surface area (Å²) in [6.07, 6.45) is 2.68. The molecule has 3 aromatic carbocycles. The van der Waals surface area contributed by atoms with Crippen LogP contribution in [-0.2, 0) is 17.9 Å². The Labute approximate surface area is 251 Å². The lowest BCUT2D eigenvalue weighted by Gasteiger charge is -2.40. The molecule has 0 aliphatic carbocycles. The molecule has 3 aromatic rings. The Balaban J connectivity index is 1.03. The van der Waals surface area contributed by atoms with Crippen molar-refractivity contribution < 1.29 is 34.0 Å². The first-order valence-electron chi connectivity index (χ1n) is 14.8. The molecule has 0 bridgehead atoms. The van der Waals surface area contributed by atoms with E-state index in [4.69, 9.17) is 14.2 Å². The SMILES string of the molecule is COc1cc(OC2CCN(Cc3cc(O)cc(O)c3)CC2)ccc1C(=O)N1CCC(N2C(=O)OCc3ccccc32)CC1. The van der Waals surface area contributed by atoms with Gasteiger partial charge in [-0.2, -0.15) is 0 Å². The molecule has 0 aromatic heterocycles. The number of ether oxygens (including phenoxy) is 3. The number of carbonyl (C=O) groups excluding carboxylic acids is 2. The number of aromatic hydroxyl groups is 2. The van der Waals surface area contributed by atoms with Gasteiger partial charge in [-0.3, -0.25) is 14.6 Å². The first-order valence-corrected chi connectivity index (χ1v) is 14.8. The molecule has 3 aliphatic rings. The Hall–Kier alpha value is -4.44. The molecule has 6 rings (SSSR count). The standard InChI is InChI=1S/C33H37N3O7/c1-41-31-19-28(43-27-10-12-34(13-11-27)20-22-16-25(37)18-26(38)17-22)6-7-29(31)32(39)35-14-8-24(9-15-35)36-30-5-3-2-4-23(30)21-42-33(36)40/h2-7,16-19,24,27,37-38H,8-15,20-21H2,1H3. The van der Waals surface area contributed by atoms with Gasteiger partial charge in [-0.25, -0.2) is 4.79 Å². The molecule has 2 amide bonds. The number of rotatable bonds is 7. The number of cyclic esters (lactones) is 1. The summed E-state index contributed by atoms with van der Waals surface area (Å²) in [7, 11) is 1.55. The molecule has 2 saturated heterocycles. The number of hydrogen-bond donors (Lipinski definition) is 2. The zero-order valence-electron chi connectivity index (χ0n) is 24.3. The highest BCUT2D eigenvalue weighted by molar-refractivity contribution is 5.97. The summed E-state index contributed by atoms with van der Waals surface area (Å²) >= 11 is 0. The third-order valence-corrected chi connectivity index (χ3v) is 8.53. The van der Waals surface area contributed by atoms with E-state index in [0.717, 1.165) is 42.7 Å². The number of nitrogens with zero attached hydrogens (tertiary/aromatic N) is 3. The molecule has 3 aliphatic heterocycles. The van der Waals surface area contributed by atoms with Crippen molar-refractivity contribution in [3.63, 3.8) is 0 Å². The van der Waals surface area contributed by atoms with E-state index in [-0.39, 0.29) is 42.3 Å². The Bertz CT molecular complexity index is 1460. The lowest BCUT2D eigenvalue weighted by Crippen LogP contribution is -2.50. The fourth-order valence-electron chi connectivity index (χ4n) is 6.32. The van der Waals surface area contributed by atoms with Crippen LogP contribution in [0.2, 0.25) is 0 Å². The minimum absolute atomic E-state index is 0.0331. The smallest absolute Gasteiger partial charge is 0.414 e. The number of likely N-dealkylation sites (tertiary alicyclic amines) is 2. The van der Waals surface area contributed by atoms with Crippen LogP contribution in [0.15, 0.2) is 60.7 Å². The quantitative estimate of drug-likeness (QED) is 0.401. The van der Waals surface area contributed by atoms with Crippen molar-refractivity contribution in [3.05, 3.63) is 77.4 Å². The fourth-order valence-corrected chi connectivity index (χ4v) is 6.32. The van der Waals surface area contributed by atoms with Crippen molar-refractivity contribution in [2.45, 2.75) is 51.0 Å². The van der Waals surface area contributed by atoms with Gasteiger partial charge in [-0.1, -0.05) is 18.2 Å². The first kappa shape index (κ1) is 28.7. The Morgan fingerprint density at radius 2 is 1.65 bits per heavy atom. The highest BCUT2D eigenvalue weighted by atomic mass is 16.6. The van der Waals surface area contributed by atoms with Gasteiger partial charge in [-0.15, -0.1) is 0 Å². The molecule has 3 heterocycles. The number of fused-ring (bicyclic) bond motifs is 1. The minimum Gasteiger partial charge on any atom is -0.508 e. The van der Waals surface area contributed by atoms with Crippen molar-refractivity contribution in [1.82, 2.24) is 9.80 Å². The minimum atomic E-state index is -0.330. The Kier molecular flexibility index (Phi) is 8.29. The van der Waals surface area contributed by atoms with Gasteiger partial charge in [0.15, 0.2) is 0 Å². The van der Waals surface area contributed by atoms with Crippen molar-refractivity contribution in [1.29, 1.82) is 0 Å². The molecular formula is C33H37N3O7. The number of carbonyl (C=O) groups is 2. The number of amides is 2. The third-order valence-electron chi connectivity index (χ3n) is 8.53. The van der Waals surface area contributed by atoms with Gasteiger partial charge in [0, 0.05) is 56.5 Å². The predicted molar refractivity (Wildman–Crippen MR) is 160 cm³/mol. The van der Waals surface area contributed by atoms with E-state index in [1.54, 1.807) is 36.3 Å². The van der Waals surface area contributed by atoms with E-state index in [1.165, 1.54) is 6.07 Å². The predicted octanol–water partition coefficient (Wildman–Crippen LogP) is 4.91. The van der Waals surface area contributed by atoms with E-state index < -0.39 is 0 Å². The van der Waals surface area contributed by atoms with Gasteiger partial charge in [-0.05, 0) is 61.6 Å². The molecule has 0 atom stereocenters. The lowest BCUT2D eigenvalue weighted by molar-refractivity contribution is 0.0704. The Morgan fingerprint density at radius 1 is 0.930 bits per heavy atom. The van der Waals surface area contributed by atoms with Crippen LogP contribution in [0.4, 0.5) is 10.5 Å². The zero-order chi connectivity index (χ0) is 29.9. The van der Waals surface area contributed by atoms with Gasteiger partial charge >= 0.3 is 6.09 Å². The van der Waals surface area contributed by atoms with Crippen molar-refractivity contribution in [2.75, 3.05) is 38.2 Å². The topological polar surface area (TPSA) is 112 Å². The van der Waals surface area contributed by atoms with E-state index in [2.05, 4.69) is 4.90 Å². The molecule has 2 N–H and O–H groups in total. The number of phenolic OH excluding ortho intramolecular Hbond substituents is 2. The summed E-state index contributed by atoms with van der Waals surface area (Å²) in [5.41, 5.74) is 3.24. The summed E-state index contributed by atoms with van der Waals surface area (Å²) in [6.45, 7) is 3.63. The summed E-state index contributed by atoms with van der Waals surface area (Å²) in [5.74, 6) is 1.15. The van der Waals surface area contributed by atoms with E-state index in [9.17, 15) is 19.8 Å². The molecule has 0 spiro atoms. The van der Waals surface area contributed by atoms with Crippen molar-refractivity contribution >= 4 is 17.7 Å². The zero-order valence-corrected chi connectivity index (χ0v) is 24.3. The highest BCUT2D eigenvalue weighted by Gasteiger charge is 2.35. The van der Waals surface area contributed by atoms with Gasteiger partial charge in [0.25, 0.3) is 5.91 Å². The van der Waals surface area contributed by atoms with Crippen LogP contribution in [0.1, 0.15) is 47.2 Å². The second kappa shape index (κ2) is 12.4. The van der Waals surface area contributed by atoms with Crippen LogP contribution in [-0.4, -0.2) is 77.4 Å². The number of methoxy groups -OCH3 is 1. The Morgan fingerprint density at radius 3 is 2.37 bits per heavy atom. The van der Waals surface area contributed by atoms with Crippen LogP contribution in [0.3, 0.4) is 0 Å². The van der Waals surface area contributed by atoms with Crippen LogP contribution in [0, 0.1) is 0 Å². The largest absolute Gasteiger partial charge is 0.508 e. The molecule has 10 heteroatoms. The number of piperidine rings is 2. The number of anilines is 1. The summed E-state index contributed by atoms with van der Waals surface area (Å²) in [4.78, 5) is 32.0. The highest BCUT2D eigenvalue weighted by Crippen LogP contribution is 2.33. The summed E-state index contributed by atoms with van der Waals surface area (Å²) < 4.78 is 17.3. The third kappa shape index (κ3) is 6.34. The maximum Gasteiger partial charge on any atom is 0.414 e. The van der Waals surface area contributed by atoms with Crippen molar-refractivity contribution in [2.24, 2.45) is 0 Å². The molecule has 0 unspecified atom stereocenters. The van der Waals surface area contributed by atoms with Gasteiger partial charge in [0.05, 0.1) is 18.4 Å². The normalized spacial score (nSPS) is 18.2. The van der Waals surface area contributed by atoms with Crippen molar-refractivity contribution in [3.8, 4) is 23.0 Å². The van der Waals surface area contributed by atoms with Gasteiger partial charge < -0.3 is 29.3 Å². The second-order valence-corrected chi connectivity index (χ2v) is 11.4. The van der Waals surface area contributed by atoms with Crippen LogP contribution >= 0.6 is 0 Å². The van der Waals surface area contributed by atoms with Gasteiger partial charge in [0.2, 0.25) is 0 Å². The number of benzene rings is 3. The molecular weight excluding hydrogens is 550 g/mol. The van der Waals surface area contributed by atoms with E-state index >= 15 is 0 Å². The summed E-state index contributed by atoms with van der Waals surface area (Å²) in [5, 5.41) is 19.5. The van der Waals surface area contributed by atoms with Crippen LogP contribution in [0.5, 0.6) is 23.0 Å². The number of hydrogen-bond acceptors (Lipinski definition) is 8. The van der Waals surface area contributed by atoms with Gasteiger partial charge in [0.1, 0.15) is 35.7 Å². The van der Waals surface area contributed by atoms with E-state index in [1.807, 2.05) is 35.2 Å². The van der Waals surface area contributed by atoms with Crippen LogP contribution < -0.4 is 14.4 Å². The van der Waals surface area contributed by atoms with Crippen LogP contribution in [0.25, 0.3) is 0 Å². The average Bonchev–Trinajstić information content (AvgIpc) is 3.01. The maximum absolute atomic E-state index is 13.5. The molecule has 0 radical (unpaired) electrons. The molecule has 43 heavy (non-hydrogen) atoms. The first-order chi connectivity index (χ1) is 20.9. The maximum atomic E-state index is 13.5. The number of phenols is 2. The van der Waals surface area contributed by atoms with E-state index in [0.29, 0.717) is 49.5 Å². The molecule has 0 saturated carbocycles. The molecule has 2 fully saturated rings. The molecule has 226 valence electrons. The monoisotopic (exact) mass is 587 g/mol.